The van der Waals surface area contributed by atoms with Crippen molar-refractivity contribution in [2.24, 2.45) is 5.92 Å². The van der Waals surface area contributed by atoms with E-state index in [1.807, 2.05) is 0 Å². The zero-order valence-corrected chi connectivity index (χ0v) is 11.7. The molecule has 2 atom stereocenters. The molecule has 21 heavy (non-hydrogen) atoms. The highest BCUT2D eigenvalue weighted by molar-refractivity contribution is 5.71. The second-order valence-electron chi connectivity index (χ2n) is 4.87. The summed E-state index contributed by atoms with van der Waals surface area (Å²) in [5, 5.41) is 12.0. The fraction of sp³-hybridized carbons (Fsp3) is 0.500. The Kier molecular flexibility index (Phi) is 4.62. The van der Waals surface area contributed by atoms with E-state index in [0.29, 0.717) is 11.3 Å². The van der Waals surface area contributed by atoms with Crippen molar-refractivity contribution in [2.75, 3.05) is 20.8 Å². The van der Waals surface area contributed by atoms with Gasteiger partial charge in [0.1, 0.15) is 0 Å². The number of hydrogen-bond donors (Lipinski definition) is 2. The number of halogens is 2. The summed E-state index contributed by atoms with van der Waals surface area (Å²) in [7, 11) is 2.80. The maximum absolute atomic E-state index is 13.2. The van der Waals surface area contributed by atoms with Gasteiger partial charge in [0.15, 0.2) is 11.5 Å². The third kappa shape index (κ3) is 3.07. The van der Waals surface area contributed by atoms with Crippen LogP contribution in [0.4, 0.5) is 8.78 Å². The van der Waals surface area contributed by atoms with E-state index in [2.05, 4.69) is 5.32 Å². The molecule has 1 aliphatic rings. The highest BCUT2D eigenvalue weighted by Gasteiger charge is 2.33. The van der Waals surface area contributed by atoms with Crippen LogP contribution in [-0.2, 0) is 4.79 Å². The van der Waals surface area contributed by atoms with Gasteiger partial charge >= 0.3 is 5.97 Å². The minimum Gasteiger partial charge on any atom is -0.493 e. The number of rotatable bonds is 5. The minimum absolute atomic E-state index is 0.170. The van der Waals surface area contributed by atoms with Crippen molar-refractivity contribution in [1.82, 2.24) is 5.32 Å². The lowest BCUT2D eigenvalue weighted by Gasteiger charge is -2.19. The number of carbonyl (C=O) groups is 1. The maximum atomic E-state index is 13.2. The fourth-order valence-electron chi connectivity index (χ4n) is 2.56. The Hall–Kier alpha value is -1.89. The molecule has 5 nitrogen and oxygen atoms in total. The van der Waals surface area contributed by atoms with Crippen LogP contribution >= 0.6 is 0 Å². The number of carboxylic acids is 1. The standard InChI is InChI=1S/C14H17F2NO4/c1-20-11-4-8(9(13(15)16)5-12(11)21-2)10-3-7(6-17-10)14(18)19/h4-5,7,10,13,17H,3,6H2,1-2H3,(H,18,19). The second-order valence-corrected chi connectivity index (χ2v) is 4.87. The third-order valence-corrected chi connectivity index (χ3v) is 3.68. The molecular weight excluding hydrogens is 284 g/mol. The normalized spacial score (nSPS) is 21.6. The predicted molar refractivity (Wildman–Crippen MR) is 71.0 cm³/mol. The average Bonchev–Trinajstić information content (AvgIpc) is 2.95. The van der Waals surface area contributed by atoms with Crippen LogP contribution in [0.3, 0.4) is 0 Å². The average molecular weight is 301 g/mol. The van der Waals surface area contributed by atoms with E-state index in [4.69, 9.17) is 14.6 Å². The molecule has 2 N–H and O–H groups in total. The summed E-state index contributed by atoms with van der Waals surface area (Å²) in [6.07, 6.45) is -2.41. The number of carboxylic acid groups (broad SMARTS) is 1. The summed E-state index contributed by atoms with van der Waals surface area (Å²) in [5.74, 6) is -0.931. The van der Waals surface area contributed by atoms with E-state index in [9.17, 15) is 13.6 Å². The summed E-state index contributed by atoms with van der Waals surface area (Å²) in [4.78, 5) is 11.0. The molecule has 0 spiro atoms. The van der Waals surface area contributed by atoms with Gasteiger partial charge in [0.05, 0.1) is 20.1 Å². The summed E-state index contributed by atoms with van der Waals surface area (Å²) in [5.41, 5.74) is 0.183. The molecule has 0 aromatic heterocycles. The van der Waals surface area contributed by atoms with Crippen LogP contribution in [0.2, 0.25) is 0 Å². The number of ether oxygens (including phenoxy) is 2. The molecular formula is C14H17F2NO4. The van der Waals surface area contributed by atoms with Crippen LogP contribution < -0.4 is 14.8 Å². The van der Waals surface area contributed by atoms with Gasteiger partial charge in [-0.25, -0.2) is 8.78 Å². The zero-order valence-electron chi connectivity index (χ0n) is 11.7. The van der Waals surface area contributed by atoms with Crippen molar-refractivity contribution < 1.29 is 28.2 Å². The summed E-state index contributed by atoms with van der Waals surface area (Å²) < 4.78 is 36.7. The number of alkyl halides is 2. The Bertz CT molecular complexity index is 536. The molecule has 2 unspecified atom stereocenters. The first-order valence-electron chi connectivity index (χ1n) is 6.48. The lowest BCUT2D eigenvalue weighted by atomic mass is 9.95. The lowest BCUT2D eigenvalue weighted by Crippen LogP contribution is -2.18. The third-order valence-electron chi connectivity index (χ3n) is 3.68. The van der Waals surface area contributed by atoms with Gasteiger partial charge in [0, 0.05) is 18.2 Å². The molecule has 1 aromatic carbocycles. The lowest BCUT2D eigenvalue weighted by molar-refractivity contribution is -0.141. The Morgan fingerprint density at radius 3 is 2.43 bits per heavy atom. The second kappa shape index (κ2) is 6.26. The van der Waals surface area contributed by atoms with Gasteiger partial charge < -0.3 is 19.9 Å². The Morgan fingerprint density at radius 2 is 1.95 bits per heavy atom. The van der Waals surface area contributed by atoms with Gasteiger partial charge in [0.25, 0.3) is 6.43 Å². The Labute approximate surface area is 120 Å². The predicted octanol–water partition coefficient (Wildman–Crippen LogP) is 2.38. The van der Waals surface area contributed by atoms with E-state index >= 15 is 0 Å². The van der Waals surface area contributed by atoms with Crippen molar-refractivity contribution in [3.05, 3.63) is 23.3 Å². The van der Waals surface area contributed by atoms with Gasteiger partial charge in [-0.3, -0.25) is 4.79 Å². The highest BCUT2D eigenvalue weighted by atomic mass is 19.3. The molecule has 1 fully saturated rings. The van der Waals surface area contributed by atoms with Gasteiger partial charge in [0.2, 0.25) is 0 Å². The van der Waals surface area contributed by atoms with Crippen molar-refractivity contribution in [1.29, 1.82) is 0 Å². The van der Waals surface area contributed by atoms with Gasteiger partial charge in [-0.1, -0.05) is 0 Å². The number of benzene rings is 1. The fourth-order valence-corrected chi connectivity index (χ4v) is 2.56. The number of methoxy groups -OCH3 is 2. The van der Waals surface area contributed by atoms with E-state index in [1.54, 1.807) is 0 Å². The first-order chi connectivity index (χ1) is 9.97. The van der Waals surface area contributed by atoms with Crippen molar-refractivity contribution in [3.8, 4) is 11.5 Å². The number of nitrogens with one attached hydrogen (secondary N) is 1. The first-order valence-corrected chi connectivity index (χ1v) is 6.48. The molecule has 0 aliphatic carbocycles. The van der Waals surface area contributed by atoms with Crippen molar-refractivity contribution in [2.45, 2.75) is 18.9 Å². The molecule has 1 aromatic rings. The van der Waals surface area contributed by atoms with E-state index in [0.717, 1.165) is 0 Å². The Balaban J connectivity index is 2.40. The number of aliphatic carboxylic acids is 1. The maximum Gasteiger partial charge on any atom is 0.307 e. The smallest absolute Gasteiger partial charge is 0.307 e. The monoisotopic (exact) mass is 301 g/mol. The highest BCUT2D eigenvalue weighted by Crippen LogP contribution is 2.40. The van der Waals surface area contributed by atoms with Crippen LogP contribution in [0, 0.1) is 5.92 Å². The van der Waals surface area contributed by atoms with Gasteiger partial charge in [-0.2, -0.15) is 0 Å². The Morgan fingerprint density at radius 1 is 1.33 bits per heavy atom. The van der Waals surface area contributed by atoms with Gasteiger partial charge in [-0.05, 0) is 24.1 Å². The molecule has 0 bridgehead atoms. The number of hydrogen-bond acceptors (Lipinski definition) is 4. The van der Waals surface area contributed by atoms with Crippen LogP contribution in [0.1, 0.15) is 30.0 Å². The van der Waals surface area contributed by atoms with Crippen LogP contribution in [0.25, 0.3) is 0 Å². The van der Waals surface area contributed by atoms with Crippen LogP contribution in [0.5, 0.6) is 11.5 Å². The van der Waals surface area contributed by atoms with Crippen molar-refractivity contribution in [3.63, 3.8) is 0 Å². The summed E-state index contributed by atoms with van der Waals surface area (Å²) in [6, 6.07) is 2.30. The molecule has 1 saturated heterocycles. The summed E-state index contributed by atoms with van der Waals surface area (Å²) in [6.45, 7) is 0.261. The largest absolute Gasteiger partial charge is 0.493 e. The van der Waals surface area contributed by atoms with Gasteiger partial charge in [-0.15, -0.1) is 0 Å². The van der Waals surface area contributed by atoms with E-state index in [-0.39, 0.29) is 24.3 Å². The molecule has 1 aliphatic heterocycles. The molecule has 116 valence electrons. The molecule has 2 rings (SSSR count). The topological polar surface area (TPSA) is 67.8 Å². The zero-order chi connectivity index (χ0) is 15.6. The first kappa shape index (κ1) is 15.5. The minimum atomic E-state index is -2.68. The SMILES string of the molecule is COc1cc(C(F)F)c(C2CC(C(=O)O)CN2)cc1OC. The van der Waals surface area contributed by atoms with Crippen LogP contribution in [-0.4, -0.2) is 31.8 Å². The van der Waals surface area contributed by atoms with E-state index < -0.39 is 24.4 Å². The molecule has 7 heteroatoms. The summed E-state index contributed by atoms with van der Waals surface area (Å²) >= 11 is 0. The van der Waals surface area contributed by atoms with E-state index in [1.165, 1.54) is 26.4 Å². The molecule has 0 radical (unpaired) electrons. The molecule has 1 heterocycles. The van der Waals surface area contributed by atoms with Crippen LogP contribution in [0.15, 0.2) is 12.1 Å². The molecule has 0 saturated carbocycles. The quantitative estimate of drug-likeness (QED) is 0.874. The van der Waals surface area contributed by atoms with Crippen molar-refractivity contribution >= 4 is 5.97 Å². The molecule has 0 amide bonds.